The molecular weight excluding hydrogens is 324 g/mol. The zero-order valence-corrected chi connectivity index (χ0v) is 14.4. The third-order valence-corrected chi connectivity index (χ3v) is 5.86. The largest absolute Gasteiger partial charge is 0.307 e. The molecular formula is C18H16N2OS2. The van der Waals surface area contributed by atoms with Gasteiger partial charge in [0, 0.05) is 28.6 Å². The van der Waals surface area contributed by atoms with Crippen LogP contribution >= 0.6 is 22.7 Å². The Kier molecular flexibility index (Phi) is 3.75. The first kappa shape index (κ1) is 14.6. The number of fused-ring (bicyclic) bond motifs is 1. The summed E-state index contributed by atoms with van der Waals surface area (Å²) < 4.78 is 0. The van der Waals surface area contributed by atoms with Crippen LogP contribution in [0.15, 0.2) is 46.5 Å². The van der Waals surface area contributed by atoms with Gasteiger partial charge in [0.25, 0.3) is 5.91 Å². The second-order valence-corrected chi connectivity index (χ2v) is 7.39. The van der Waals surface area contributed by atoms with E-state index in [2.05, 4.69) is 23.4 Å². The van der Waals surface area contributed by atoms with E-state index in [0.29, 0.717) is 11.6 Å². The molecule has 0 saturated carbocycles. The molecule has 2 aromatic heterocycles. The van der Waals surface area contributed by atoms with E-state index >= 15 is 0 Å². The van der Waals surface area contributed by atoms with Crippen molar-refractivity contribution in [1.29, 1.82) is 0 Å². The number of carbonyl (C=O) groups excluding carboxylic acids is 1. The third kappa shape index (κ3) is 2.60. The Morgan fingerprint density at radius 1 is 1.26 bits per heavy atom. The van der Waals surface area contributed by atoms with Gasteiger partial charge in [0.1, 0.15) is 10.7 Å². The first-order valence-corrected chi connectivity index (χ1v) is 9.45. The number of anilines is 1. The number of benzene rings is 1. The van der Waals surface area contributed by atoms with E-state index in [0.717, 1.165) is 29.2 Å². The molecule has 1 aromatic carbocycles. The maximum atomic E-state index is 12.9. The predicted octanol–water partition coefficient (Wildman–Crippen LogP) is 5.03. The van der Waals surface area contributed by atoms with Crippen LogP contribution < -0.4 is 4.90 Å². The molecule has 1 aliphatic heterocycles. The monoisotopic (exact) mass is 340 g/mol. The SMILES string of the molecule is C[C@H]1CCN(C(=O)c2csc(-c3ccsc3)n2)c2ccccc21. The molecule has 0 N–H and O–H groups in total. The van der Waals surface area contributed by atoms with E-state index < -0.39 is 0 Å². The van der Waals surface area contributed by atoms with Gasteiger partial charge in [-0.1, -0.05) is 25.1 Å². The fourth-order valence-electron chi connectivity index (χ4n) is 2.99. The predicted molar refractivity (Wildman–Crippen MR) is 96.6 cm³/mol. The fraction of sp³-hybridized carbons (Fsp3) is 0.222. The van der Waals surface area contributed by atoms with E-state index in [1.54, 1.807) is 11.3 Å². The summed E-state index contributed by atoms with van der Waals surface area (Å²) in [5, 5.41) is 6.87. The van der Waals surface area contributed by atoms with Crippen LogP contribution in [0.2, 0.25) is 0 Å². The molecule has 3 aromatic rings. The minimum Gasteiger partial charge on any atom is -0.307 e. The average Bonchev–Trinajstić information content (AvgIpc) is 3.26. The Morgan fingerprint density at radius 2 is 2.13 bits per heavy atom. The van der Waals surface area contributed by atoms with Gasteiger partial charge in [0.05, 0.1) is 0 Å². The summed E-state index contributed by atoms with van der Waals surface area (Å²) in [5.74, 6) is 0.495. The Morgan fingerprint density at radius 3 is 2.96 bits per heavy atom. The maximum absolute atomic E-state index is 12.9. The highest BCUT2D eigenvalue weighted by Gasteiger charge is 2.28. The molecule has 1 aliphatic rings. The van der Waals surface area contributed by atoms with Gasteiger partial charge in [-0.2, -0.15) is 11.3 Å². The van der Waals surface area contributed by atoms with Crippen molar-refractivity contribution in [3.05, 3.63) is 57.7 Å². The summed E-state index contributed by atoms with van der Waals surface area (Å²) >= 11 is 3.17. The minimum atomic E-state index is 0.00193. The highest BCUT2D eigenvalue weighted by Crippen LogP contribution is 2.36. The molecule has 0 fully saturated rings. The van der Waals surface area contributed by atoms with Crippen LogP contribution in [-0.4, -0.2) is 17.4 Å². The lowest BCUT2D eigenvalue weighted by Gasteiger charge is -2.32. The highest BCUT2D eigenvalue weighted by atomic mass is 32.1. The van der Waals surface area contributed by atoms with Gasteiger partial charge in [0.2, 0.25) is 0 Å². The molecule has 0 aliphatic carbocycles. The lowest BCUT2D eigenvalue weighted by atomic mass is 9.91. The summed E-state index contributed by atoms with van der Waals surface area (Å²) in [7, 11) is 0. The molecule has 0 saturated heterocycles. The standard InChI is InChI=1S/C18H16N2OS2/c1-12-6-8-20(16-5-3-2-4-14(12)16)18(21)15-11-23-17(19-15)13-7-9-22-10-13/h2-5,7,9-12H,6,8H2,1H3/t12-/m0/s1. The molecule has 5 heteroatoms. The van der Waals surface area contributed by atoms with Crippen molar-refractivity contribution >= 4 is 34.3 Å². The van der Waals surface area contributed by atoms with E-state index in [1.165, 1.54) is 16.9 Å². The van der Waals surface area contributed by atoms with Crippen LogP contribution in [-0.2, 0) is 0 Å². The number of thiophene rings is 1. The first-order valence-electron chi connectivity index (χ1n) is 7.63. The van der Waals surface area contributed by atoms with Gasteiger partial charge in [-0.25, -0.2) is 4.98 Å². The van der Waals surface area contributed by atoms with Gasteiger partial charge in [-0.15, -0.1) is 11.3 Å². The Labute approximate surface area is 143 Å². The van der Waals surface area contributed by atoms with Crippen molar-refractivity contribution in [2.45, 2.75) is 19.3 Å². The zero-order valence-electron chi connectivity index (χ0n) is 12.7. The van der Waals surface area contributed by atoms with Crippen LogP contribution in [0.4, 0.5) is 5.69 Å². The van der Waals surface area contributed by atoms with E-state index in [9.17, 15) is 4.79 Å². The molecule has 23 heavy (non-hydrogen) atoms. The number of hydrogen-bond acceptors (Lipinski definition) is 4. The molecule has 0 unspecified atom stereocenters. The van der Waals surface area contributed by atoms with Crippen molar-refractivity contribution in [2.75, 3.05) is 11.4 Å². The number of rotatable bonds is 2. The van der Waals surface area contributed by atoms with Crippen molar-refractivity contribution < 1.29 is 4.79 Å². The van der Waals surface area contributed by atoms with Gasteiger partial charge in [0.15, 0.2) is 0 Å². The number of thiazole rings is 1. The molecule has 4 rings (SSSR count). The van der Waals surface area contributed by atoms with Gasteiger partial charge in [-0.3, -0.25) is 4.79 Å². The summed E-state index contributed by atoms with van der Waals surface area (Å²) in [6, 6.07) is 10.2. The molecule has 1 atom stereocenters. The normalized spacial score (nSPS) is 17.1. The van der Waals surface area contributed by atoms with Gasteiger partial charge in [-0.05, 0) is 35.4 Å². The highest BCUT2D eigenvalue weighted by molar-refractivity contribution is 7.14. The number of nitrogens with zero attached hydrogens (tertiary/aromatic N) is 2. The Balaban J connectivity index is 1.67. The summed E-state index contributed by atoms with van der Waals surface area (Å²) in [6.07, 6.45) is 0.990. The molecule has 116 valence electrons. The minimum absolute atomic E-state index is 0.00193. The second-order valence-electron chi connectivity index (χ2n) is 5.76. The smallest absolute Gasteiger partial charge is 0.277 e. The number of amides is 1. The van der Waals surface area contributed by atoms with Crippen molar-refractivity contribution in [2.24, 2.45) is 0 Å². The van der Waals surface area contributed by atoms with Crippen LogP contribution in [0.1, 0.15) is 35.3 Å². The van der Waals surface area contributed by atoms with Crippen molar-refractivity contribution in [3.8, 4) is 10.6 Å². The first-order chi connectivity index (χ1) is 11.2. The number of para-hydroxylation sites is 1. The number of aromatic nitrogens is 1. The molecule has 0 radical (unpaired) electrons. The molecule has 1 amide bonds. The van der Waals surface area contributed by atoms with Crippen LogP contribution in [0, 0.1) is 0 Å². The molecule has 3 heterocycles. The average molecular weight is 340 g/mol. The van der Waals surface area contributed by atoms with Gasteiger partial charge < -0.3 is 4.90 Å². The number of carbonyl (C=O) groups is 1. The lowest BCUT2D eigenvalue weighted by molar-refractivity contribution is 0.0980. The van der Waals surface area contributed by atoms with Crippen LogP contribution in [0.3, 0.4) is 0 Å². The summed E-state index contributed by atoms with van der Waals surface area (Å²) in [4.78, 5) is 19.4. The van der Waals surface area contributed by atoms with E-state index in [4.69, 9.17) is 0 Å². The quantitative estimate of drug-likeness (QED) is 0.656. The zero-order chi connectivity index (χ0) is 15.8. The van der Waals surface area contributed by atoms with Crippen LogP contribution in [0.25, 0.3) is 10.6 Å². The van der Waals surface area contributed by atoms with E-state index in [-0.39, 0.29) is 5.91 Å². The fourth-order valence-corrected chi connectivity index (χ4v) is 4.49. The molecule has 0 spiro atoms. The Bertz CT molecular complexity index is 838. The molecule has 0 bridgehead atoms. The van der Waals surface area contributed by atoms with Crippen molar-refractivity contribution in [1.82, 2.24) is 4.98 Å². The second kappa shape index (κ2) is 5.91. The summed E-state index contributed by atoms with van der Waals surface area (Å²) in [5.41, 5.74) is 3.91. The topological polar surface area (TPSA) is 33.2 Å². The van der Waals surface area contributed by atoms with Crippen molar-refractivity contribution in [3.63, 3.8) is 0 Å². The Hall–Kier alpha value is -1.98. The lowest BCUT2D eigenvalue weighted by Crippen LogP contribution is -2.36. The third-order valence-electron chi connectivity index (χ3n) is 4.28. The maximum Gasteiger partial charge on any atom is 0.277 e. The summed E-state index contributed by atoms with van der Waals surface area (Å²) in [6.45, 7) is 2.97. The molecule has 3 nitrogen and oxygen atoms in total. The number of hydrogen-bond donors (Lipinski definition) is 0. The van der Waals surface area contributed by atoms with E-state index in [1.807, 2.05) is 39.9 Å². The van der Waals surface area contributed by atoms with Crippen LogP contribution in [0.5, 0.6) is 0 Å². The van der Waals surface area contributed by atoms with Gasteiger partial charge >= 0.3 is 0 Å².